The quantitative estimate of drug-likeness (QED) is 0.367. The lowest BCUT2D eigenvalue weighted by atomic mass is 10.2. The van der Waals surface area contributed by atoms with E-state index in [1.165, 1.54) is 17.2 Å². The van der Waals surface area contributed by atoms with Crippen molar-refractivity contribution in [2.45, 2.75) is 24.9 Å². The molecule has 6 N–H and O–H groups in total. The van der Waals surface area contributed by atoms with Gasteiger partial charge in [0.25, 0.3) is 0 Å². The number of aliphatic hydroxyl groups is 1. The molecule has 1 fully saturated rings. The summed E-state index contributed by atoms with van der Waals surface area (Å²) >= 11 is 4.11. The normalized spacial score (nSPS) is 26.2. The molecule has 2 aromatic rings. The maximum absolute atomic E-state index is 11.6. The van der Waals surface area contributed by atoms with Gasteiger partial charge in [0.15, 0.2) is 17.7 Å². The van der Waals surface area contributed by atoms with Gasteiger partial charge in [-0.3, -0.25) is 9.09 Å². The van der Waals surface area contributed by atoms with Crippen LogP contribution in [-0.2, 0) is 29.9 Å². The zero-order valence-corrected chi connectivity index (χ0v) is 15.5. The second-order valence-corrected chi connectivity index (χ2v) is 9.63. The lowest BCUT2D eigenvalue weighted by Crippen LogP contribution is -2.19. The fourth-order valence-corrected chi connectivity index (χ4v) is 4.86. The Kier molecular flexibility index (Phi) is 5.43. The molecule has 26 heavy (non-hydrogen) atoms. The molecular formula is C10H15N5O8P2S. The first kappa shape index (κ1) is 19.7. The SMILES string of the molecule is Nc1ncnc2c1ncn2C1O[C@H](COP(=O)(O)OP(O)(O)=S)CC1O. The van der Waals surface area contributed by atoms with Gasteiger partial charge in [-0.1, -0.05) is 0 Å². The van der Waals surface area contributed by atoms with Gasteiger partial charge in [-0.05, 0) is 11.8 Å². The van der Waals surface area contributed by atoms with Crippen LogP contribution >= 0.6 is 14.5 Å². The number of hydrogen-bond donors (Lipinski definition) is 5. The zero-order valence-electron chi connectivity index (χ0n) is 12.9. The maximum Gasteiger partial charge on any atom is 0.479 e. The van der Waals surface area contributed by atoms with Gasteiger partial charge in [0.1, 0.15) is 17.9 Å². The van der Waals surface area contributed by atoms with Crippen molar-refractivity contribution >= 4 is 43.3 Å². The smallest absolute Gasteiger partial charge is 0.388 e. The Morgan fingerprint density at radius 1 is 1.38 bits per heavy atom. The number of nitrogens with zero attached hydrogens (tertiary/aromatic N) is 4. The maximum atomic E-state index is 11.6. The third-order valence-corrected chi connectivity index (χ3v) is 6.21. The van der Waals surface area contributed by atoms with E-state index in [2.05, 4.69) is 35.6 Å². The molecule has 144 valence electrons. The highest BCUT2D eigenvalue weighted by molar-refractivity contribution is 8.08. The number of anilines is 1. The summed E-state index contributed by atoms with van der Waals surface area (Å²) < 4.78 is 27.3. The number of phosphoric ester groups is 1. The number of fused-ring (bicyclic) bond motifs is 1. The van der Waals surface area contributed by atoms with Crippen LogP contribution in [-0.4, -0.2) is 58.1 Å². The van der Waals surface area contributed by atoms with E-state index < -0.39 is 39.6 Å². The van der Waals surface area contributed by atoms with Crippen LogP contribution in [0.25, 0.3) is 11.2 Å². The van der Waals surface area contributed by atoms with Crippen LogP contribution in [0, 0.1) is 0 Å². The van der Waals surface area contributed by atoms with E-state index in [0.29, 0.717) is 11.2 Å². The van der Waals surface area contributed by atoms with Gasteiger partial charge < -0.3 is 30.3 Å². The van der Waals surface area contributed by atoms with Gasteiger partial charge in [-0.25, -0.2) is 23.8 Å². The molecule has 0 saturated carbocycles. The lowest BCUT2D eigenvalue weighted by molar-refractivity contribution is -0.0480. The molecule has 0 amide bonds. The topological polar surface area (TPSA) is 195 Å². The summed E-state index contributed by atoms with van der Waals surface area (Å²) in [5.41, 5.74) is 6.39. The number of aromatic nitrogens is 4. The molecule has 16 heteroatoms. The van der Waals surface area contributed by atoms with Crippen LogP contribution in [0.15, 0.2) is 12.7 Å². The summed E-state index contributed by atoms with van der Waals surface area (Å²) in [5.74, 6) is 0.170. The van der Waals surface area contributed by atoms with Crippen molar-refractivity contribution in [3.8, 4) is 0 Å². The molecule has 1 saturated heterocycles. The highest BCUT2D eigenvalue weighted by atomic mass is 32.5. The van der Waals surface area contributed by atoms with Crippen molar-refractivity contribution in [3.63, 3.8) is 0 Å². The van der Waals surface area contributed by atoms with E-state index in [1.807, 2.05) is 0 Å². The summed E-state index contributed by atoms with van der Waals surface area (Å²) in [4.78, 5) is 39.2. The molecule has 0 radical (unpaired) electrons. The molecule has 0 bridgehead atoms. The Hall–Kier alpha value is -1.05. The van der Waals surface area contributed by atoms with Crippen molar-refractivity contribution in [1.82, 2.24) is 19.5 Å². The van der Waals surface area contributed by atoms with Crippen LogP contribution in [0.1, 0.15) is 12.6 Å². The average molecular weight is 427 g/mol. The third-order valence-electron chi connectivity index (χ3n) is 3.46. The number of ether oxygens (including phenoxy) is 1. The van der Waals surface area contributed by atoms with E-state index >= 15 is 0 Å². The molecule has 3 unspecified atom stereocenters. The Labute approximate surface area is 151 Å². The number of rotatable bonds is 6. The minimum atomic E-state index is -4.78. The highest BCUT2D eigenvalue weighted by Gasteiger charge is 2.38. The molecule has 3 heterocycles. The van der Waals surface area contributed by atoms with Crippen LogP contribution in [0.4, 0.5) is 5.82 Å². The van der Waals surface area contributed by atoms with Crippen molar-refractivity contribution < 1.29 is 37.9 Å². The fourth-order valence-electron chi connectivity index (χ4n) is 2.48. The molecular weight excluding hydrogens is 412 g/mol. The van der Waals surface area contributed by atoms with Gasteiger partial charge >= 0.3 is 14.5 Å². The Morgan fingerprint density at radius 3 is 2.81 bits per heavy atom. The number of phosphoric acid groups is 1. The molecule has 3 rings (SSSR count). The fraction of sp³-hybridized carbons (Fsp3) is 0.500. The largest absolute Gasteiger partial charge is 0.479 e. The summed E-state index contributed by atoms with van der Waals surface area (Å²) in [6.45, 7) is -4.84. The number of nitrogens with two attached hydrogens (primary N) is 1. The van der Waals surface area contributed by atoms with E-state index in [0.717, 1.165) is 0 Å². The molecule has 13 nitrogen and oxygen atoms in total. The first-order valence-corrected chi connectivity index (χ1v) is 11.2. The minimum Gasteiger partial charge on any atom is -0.388 e. The number of hydrogen-bond acceptors (Lipinski definition) is 10. The standard InChI is InChI=1S/C10H15N5O8P2S/c11-8-7-9(13-3-12-8)15(4-14-7)10-6(16)1-5(22-10)2-21-24(17,18)23-25(19,20)26/h3-6,10,16H,1-2H2,(H,17,18)(H2,11,12,13)(H2,19,20,26)/t5-,6?,10?/m0/s1. The van der Waals surface area contributed by atoms with Crippen molar-refractivity contribution in [1.29, 1.82) is 0 Å². The second kappa shape index (κ2) is 7.17. The van der Waals surface area contributed by atoms with Gasteiger partial charge in [0.05, 0.1) is 19.0 Å². The Morgan fingerprint density at radius 2 is 2.12 bits per heavy atom. The summed E-state index contributed by atoms with van der Waals surface area (Å²) in [5, 5.41) is 10.2. The van der Waals surface area contributed by atoms with E-state index in [9.17, 15) is 14.6 Å². The molecule has 1 aliphatic heterocycles. The lowest BCUT2D eigenvalue weighted by Gasteiger charge is -2.18. The van der Waals surface area contributed by atoms with Gasteiger partial charge in [-0.2, -0.15) is 0 Å². The van der Waals surface area contributed by atoms with E-state index in [1.54, 1.807) is 0 Å². The average Bonchev–Trinajstić information content (AvgIpc) is 3.07. The van der Waals surface area contributed by atoms with Crippen LogP contribution in [0.3, 0.4) is 0 Å². The van der Waals surface area contributed by atoms with Gasteiger partial charge in [-0.15, -0.1) is 0 Å². The van der Waals surface area contributed by atoms with Crippen LogP contribution in [0.5, 0.6) is 0 Å². The summed E-state index contributed by atoms with van der Waals surface area (Å²) in [6.07, 6.45) is 0.0227. The first-order valence-electron chi connectivity index (χ1n) is 7.06. The monoisotopic (exact) mass is 427 g/mol. The third kappa shape index (κ3) is 4.43. The number of aliphatic hydroxyl groups excluding tert-OH is 1. The van der Waals surface area contributed by atoms with Crippen LogP contribution in [0.2, 0.25) is 0 Å². The highest BCUT2D eigenvalue weighted by Crippen LogP contribution is 2.58. The molecule has 0 aromatic carbocycles. The van der Waals surface area contributed by atoms with Crippen molar-refractivity contribution in [2.75, 3.05) is 12.3 Å². The van der Waals surface area contributed by atoms with Crippen molar-refractivity contribution in [2.24, 2.45) is 0 Å². The molecule has 2 aromatic heterocycles. The summed E-state index contributed by atoms with van der Waals surface area (Å²) in [6, 6.07) is 0. The van der Waals surface area contributed by atoms with E-state index in [4.69, 9.17) is 20.3 Å². The summed E-state index contributed by atoms with van der Waals surface area (Å²) in [7, 11) is -4.78. The van der Waals surface area contributed by atoms with Crippen LogP contribution < -0.4 is 5.73 Å². The van der Waals surface area contributed by atoms with Crippen molar-refractivity contribution in [3.05, 3.63) is 12.7 Å². The number of imidazole rings is 1. The Bertz CT molecular complexity index is 905. The predicted molar refractivity (Wildman–Crippen MR) is 89.9 cm³/mol. The van der Waals surface area contributed by atoms with Gasteiger partial charge in [0.2, 0.25) is 0 Å². The van der Waals surface area contributed by atoms with Gasteiger partial charge in [0, 0.05) is 6.42 Å². The van der Waals surface area contributed by atoms with E-state index in [-0.39, 0.29) is 12.2 Å². The minimum absolute atomic E-state index is 0.0668. The zero-order chi connectivity index (χ0) is 19.1. The predicted octanol–water partition coefficient (Wildman–Crippen LogP) is -0.600. The second-order valence-electron chi connectivity index (χ2n) is 5.37. The molecule has 4 atom stereocenters. The molecule has 0 aliphatic carbocycles. The Balaban J connectivity index is 1.69. The molecule has 1 aliphatic rings. The number of nitrogen functional groups attached to an aromatic ring is 1. The molecule has 0 spiro atoms. The first-order chi connectivity index (χ1) is 12.1.